The molecular formula is C10H8ClF3N4O. The summed E-state index contributed by atoms with van der Waals surface area (Å²) in [5, 5.41) is 0.0380. The Morgan fingerprint density at radius 1 is 1.26 bits per heavy atom. The first-order valence-corrected chi connectivity index (χ1v) is 5.51. The van der Waals surface area contributed by atoms with Crippen molar-refractivity contribution >= 4 is 28.5 Å². The predicted octanol–water partition coefficient (Wildman–Crippen LogP) is 2.59. The normalized spacial score (nSPS) is 11.8. The lowest BCUT2D eigenvalue weighted by atomic mass is 10.3. The summed E-state index contributed by atoms with van der Waals surface area (Å²) in [5.41, 5.74) is 6.00. The molecule has 0 aliphatic carbocycles. The Balaban J connectivity index is 2.30. The summed E-state index contributed by atoms with van der Waals surface area (Å²) < 4.78 is 41.2. The summed E-state index contributed by atoms with van der Waals surface area (Å²) in [7, 11) is 0. The first kappa shape index (κ1) is 13.6. The molecule has 2 N–H and O–H groups in total. The van der Waals surface area contributed by atoms with Crippen molar-refractivity contribution in [1.82, 2.24) is 15.0 Å². The highest BCUT2D eigenvalue weighted by atomic mass is 35.5. The molecule has 0 bridgehead atoms. The Morgan fingerprint density at radius 3 is 2.68 bits per heavy atom. The second-order valence-electron chi connectivity index (χ2n) is 3.61. The third kappa shape index (κ3) is 3.34. The van der Waals surface area contributed by atoms with Gasteiger partial charge in [0.2, 0.25) is 0 Å². The van der Waals surface area contributed by atoms with E-state index in [1.165, 1.54) is 12.4 Å². The van der Waals surface area contributed by atoms with Crippen LogP contribution in [0.3, 0.4) is 0 Å². The highest BCUT2D eigenvalue weighted by Crippen LogP contribution is 2.28. The smallest absolute Gasteiger partial charge is 0.392 e. The van der Waals surface area contributed by atoms with Gasteiger partial charge in [0.05, 0.1) is 13.0 Å². The summed E-state index contributed by atoms with van der Waals surface area (Å²) in [6, 6.07) is 1.28. The van der Waals surface area contributed by atoms with Crippen molar-refractivity contribution in [1.29, 1.82) is 0 Å². The first-order valence-electron chi connectivity index (χ1n) is 5.13. The van der Waals surface area contributed by atoms with Gasteiger partial charge < -0.3 is 10.5 Å². The number of fused-ring (bicyclic) bond motifs is 1. The fourth-order valence-corrected chi connectivity index (χ4v) is 1.57. The number of nitrogens with two attached hydrogens (primary N) is 1. The lowest BCUT2D eigenvalue weighted by Crippen LogP contribution is -2.13. The number of aromatic nitrogens is 3. The first-order chi connectivity index (χ1) is 8.87. The SMILES string of the molecule is Nc1ncnc2c(OCCC(F)(F)F)cc(Cl)nc12. The quantitative estimate of drug-likeness (QED) is 0.880. The molecule has 0 radical (unpaired) electrons. The number of nitrogens with zero attached hydrogens (tertiary/aromatic N) is 3. The number of anilines is 1. The predicted molar refractivity (Wildman–Crippen MR) is 62.9 cm³/mol. The fourth-order valence-electron chi connectivity index (χ4n) is 1.39. The molecular weight excluding hydrogens is 285 g/mol. The molecule has 0 amide bonds. The van der Waals surface area contributed by atoms with Crippen molar-refractivity contribution in [2.45, 2.75) is 12.6 Å². The second kappa shape index (κ2) is 5.04. The molecule has 0 saturated heterocycles. The highest BCUT2D eigenvalue weighted by molar-refractivity contribution is 6.30. The number of nitrogen functional groups attached to an aromatic ring is 1. The van der Waals surface area contributed by atoms with Crippen LogP contribution in [0.5, 0.6) is 5.75 Å². The number of halogens is 4. The minimum absolute atomic E-state index is 0.0380. The molecule has 0 aromatic carbocycles. The van der Waals surface area contributed by atoms with Crippen molar-refractivity contribution < 1.29 is 17.9 Å². The molecule has 0 unspecified atom stereocenters. The molecule has 0 spiro atoms. The van der Waals surface area contributed by atoms with Gasteiger partial charge in [0, 0.05) is 6.07 Å². The lowest BCUT2D eigenvalue weighted by Gasteiger charge is -2.10. The van der Waals surface area contributed by atoms with Crippen LogP contribution in [0.2, 0.25) is 5.15 Å². The number of hydrogen-bond acceptors (Lipinski definition) is 5. The number of hydrogen-bond donors (Lipinski definition) is 1. The van der Waals surface area contributed by atoms with Gasteiger partial charge in [-0.2, -0.15) is 13.2 Å². The van der Waals surface area contributed by atoms with Crippen LogP contribution in [-0.4, -0.2) is 27.7 Å². The van der Waals surface area contributed by atoms with Crippen molar-refractivity contribution in [3.63, 3.8) is 0 Å². The average molecular weight is 293 g/mol. The molecule has 102 valence electrons. The molecule has 0 saturated carbocycles. The van der Waals surface area contributed by atoms with E-state index in [-0.39, 0.29) is 27.8 Å². The van der Waals surface area contributed by atoms with Crippen LogP contribution in [0.15, 0.2) is 12.4 Å². The molecule has 0 aliphatic heterocycles. The number of alkyl halides is 3. The second-order valence-corrected chi connectivity index (χ2v) is 4.00. The largest absolute Gasteiger partial charge is 0.491 e. The van der Waals surface area contributed by atoms with Crippen LogP contribution in [0.4, 0.5) is 19.0 Å². The zero-order valence-corrected chi connectivity index (χ0v) is 10.2. The van der Waals surface area contributed by atoms with Crippen LogP contribution < -0.4 is 10.5 Å². The summed E-state index contributed by atoms with van der Waals surface area (Å²) in [6.07, 6.45) is -4.19. The molecule has 2 aromatic rings. The van der Waals surface area contributed by atoms with Gasteiger partial charge >= 0.3 is 6.18 Å². The van der Waals surface area contributed by atoms with Crippen LogP contribution in [0.1, 0.15) is 6.42 Å². The average Bonchev–Trinajstić information content (AvgIpc) is 2.29. The molecule has 2 heterocycles. The Morgan fingerprint density at radius 2 is 2.00 bits per heavy atom. The van der Waals surface area contributed by atoms with E-state index < -0.39 is 19.2 Å². The van der Waals surface area contributed by atoms with Crippen LogP contribution in [-0.2, 0) is 0 Å². The summed E-state index contributed by atoms with van der Waals surface area (Å²) >= 11 is 5.74. The maximum atomic E-state index is 12.1. The van der Waals surface area contributed by atoms with E-state index in [9.17, 15) is 13.2 Å². The van der Waals surface area contributed by atoms with Crippen molar-refractivity contribution in [2.75, 3.05) is 12.3 Å². The lowest BCUT2D eigenvalue weighted by molar-refractivity contribution is -0.139. The Labute approximate surface area is 110 Å². The minimum Gasteiger partial charge on any atom is -0.491 e. The van der Waals surface area contributed by atoms with Gasteiger partial charge in [0.15, 0.2) is 5.82 Å². The highest BCUT2D eigenvalue weighted by Gasteiger charge is 2.27. The van der Waals surface area contributed by atoms with Gasteiger partial charge in [0.1, 0.15) is 28.3 Å². The van der Waals surface area contributed by atoms with Crippen molar-refractivity contribution in [2.24, 2.45) is 0 Å². The van der Waals surface area contributed by atoms with Crippen molar-refractivity contribution in [3.8, 4) is 5.75 Å². The summed E-state index contributed by atoms with van der Waals surface area (Å²) in [6.45, 7) is -0.539. The molecule has 19 heavy (non-hydrogen) atoms. The minimum atomic E-state index is -4.29. The molecule has 5 nitrogen and oxygen atoms in total. The summed E-state index contributed by atoms with van der Waals surface area (Å²) in [4.78, 5) is 11.5. The fraction of sp³-hybridized carbons (Fsp3) is 0.300. The third-order valence-corrected chi connectivity index (χ3v) is 2.39. The van der Waals surface area contributed by atoms with E-state index in [1.807, 2.05) is 0 Å². The van der Waals surface area contributed by atoms with Gasteiger partial charge in [-0.3, -0.25) is 0 Å². The topological polar surface area (TPSA) is 73.9 Å². The molecule has 0 aliphatic rings. The Hall–Kier alpha value is -1.83. The van der Waals surface area contributed by atoms with E-state index >= 15 is 0 Å². The maximum absolute atomic E-state index is 12.1. The van der Waals surface area contributed by atoms with Crippen molar-refractivity contribution in [3.05, 3.63) is 17.5 Å². The molecule has 2 aromatic heterocycles. The van der Waals surface area contributed by atoms with E-state index in [4.69, 9.17) is 22.1 Å². The van der Waals surface area contributed by atoms with E-state index in [0.29, 0.717) is 0 Å². The molecule has 2 rings (SSSR count). The van der Waals surface area contributed by atoms with Crippen LogP contribution in [0, 0.1) is 0 Å². The van der Waals surface area contributed by atoms with Gasteiger partial charge in [-0.25, -0.2) is 15.0 Å². The monoisotopic (exact) mass is 292 g/mol. The van der Waals surface area contributed by atoms with E-state index in [0.717, 1.165) is 0 Å². The van der Waals surface area contributed by atoms with E-state index in [1.54, 1.807) is 0 Å². The molecule has 9 heteroatoms. The van der Waals surface area contributed by atoms with E-state index in [2.05, 4.69) is 15.0 Å². The zero-order chi connectivity index (χ0) is 14.0. The molecule has 0 atom stereocenters. The van der Waals surface area contributed by atoms with Gasteiger partial charge in [-0.15, -0.1) is 0 Å². The van der Waals surface area contributed by atoms with Gasteiger partial charge in [-0.05, 0) is 0 Å². The standard InChI is InChI=1S/C10H8ClF3N4O/c11-6-3-5(19-2-1-10(12,13)14)7-8(18-6)9(15)17-4-16-7/h3-4H,1-2H2,(H2,15,16,17). The Kier molecular flexibility index (Phi) is 3.61. The number of rotatable bonds is 3. The van der Waals surface area contributed by atoms with Gasteiger partial charge in [-0.1, -0.05) is 11.6 Å². The van der Waals surface area contributed by atoms with Gasteiger partial charge in [0.25, 0.3) is 0 Å². The third-order valence-electron chi connectivity index (χ3n) is 2.20. The van der Waals surface area contributed by atoms with Crippen LogP contribution in [0.25, 0.3) is 11.0 Å². The molecule has 0 fully saturated rings. The zero-order valence-electron chi connectivity index (χ0n) is 9.41. The summed E-state index contributed by atoms with van der Waals surface area (Å²) in [5.74, 6) is 0.168. The maximum Gasteiger partial charge on any atom is 0.392 e. The number of ether oxygens (including phenoxy) is 1. The Bertz CT molecular complexity index is 605. The number of pyridine rings is 1. The van der Waals surface area contributed by atoms with Crippen LogP contribution >= 0.6 is 11.6 Å².